The van der Waals surface area contributed by atoms with Crippen LogP contribution in [0.1, 0.15) is 27.6 Å². The first-order valence-corrected chi connectivity index (χ1v) is 6.85. The molecule has 0 saturated carbocycles. The van der Waals surface area contributed by atoms with E-state index in [1.807, 2.05) is 6.92 Å². The Morgan fingerprint density at radius 3 is 2.43 bits per heavy atom. The Balaban J connectivity index is 2.18. The Kier molecular flexibility index (Phi) is 3.12. The van der Waals surface area contributed by atoms with Crippen LogP contribution in [-0.2, 0) is 9.53 Å². The van der Waals surface area contributed by atoms with E-state index < -0.39 is 11.9 Å². The molecule has 1 aliphatic carbocycles. The highest BCUT2D eigenvalue weighted by molar-refractivity contribution is 6.28. The van der Waals surface area contributed by atoms with Gasteiger partial charge >= 0.3 is 5.97 Å². The summed E-state index contributed by atoms with van der Waals surface area (Å²) in [6, 6.07) is 6.73. The predicted octanol–water partition coefficient (Wildman–Crippen LogP) is 1.44. The molecule has 1 aromatic rings. The van der Waals surface area contributed by atoms with Gasteiger partial charge in [0.25, 0.3) is 0 Å². The summed E-state index contributed by atoms with van der Waals surface area (Å²) in [6.45, 7) is 2.77. The van der Waals surface area contributed by atoms with Crippen molar-refractivity contribution in [2.24, 2.45) is 5.92 Å². The van der Waals surface area contributed by atoms with Gasteiger partial charge in [-0.15, -0.1) is 0 Å². The monoisotopic (exact) mass is 285 g/mol. The average molecular weight is 285 g/mol. The zero-order valence-corrected chi connectivity index (χ0v) is 11.9. The van der Waals surface area contributed by atoms with Crippen LogP contribution in [-0.4, -0.2) is 42.6 Å². The highest BCUT2D eigenvalue weighted by Crippen LogP contribution is 2.38. The van der Waals surface area contributed by atoms with Crippen molar-refractivity contribution in [2.75, 3.05) is 20.2 Å². The van der Waals surface area contributed by atoms with Gasteiger partial charge in [0.2, 0.25) is 5.78 Å². The third-order valence-electron chi connectivity index (χ3n) is 4.07. The van der Waals surface area contributed by atoms with Gasteiger partial charge in [-0.25, -0.2) is 0 Å². The van der Waals surface area contributed by atoms with Gasteiger partial charge in [0.1, 0.15) is 5.92 Å². The molecule has 0 fully saturated rings. The minimum absolute atomic E-state index is 0.187. The molecule has 1 unspecified atom stereocenters. The van der Waals surface area contributed by atoms with E-state index in [9.17, 15) is 14.4 Å². The number of hydrogen-bond donors (Lipinski definition) is 0. The number of carbonyl (C=O) groups excluding carboxylic acids is 3. The van der Waals surface area contributed by atoms with Gasteiger partial charge < -0.3 is 9.64 Å². The lowest BCUT2D eigenvalue weighted by Crippen LogP contribution is -2.28. The van der Waals surface area contributed by atoms with Gasteiger partial charge in [0.15, 0.2) is 5.78 Å². The molecule has 0 amide bonds. The average Bonchev–Trinajstić information content (AvgIpc) is 2.91. The largest absolute Gasteiger partial charge is 0.468 e. The number of fused-ring (bicyclic) bond motifs is 1. The topological polar surface area (TPSA) is 63.7 Å². The zero-order valence-electron chi connectivity index (χ0n) is 11.9. The molecular formula is C16H15NO4. The molecule has 1 aromatic carbocycles. The molecule has 0 aromatic heterocycles. The van der Waals surface area contributed by atoms with E-state index >= 15 is 0 Å². The molecule has 0 radical (unpaired) electrons. The summed E-state index contributed by atoms with van der Waals surface area (Å²) in [5.41, 5.74) is 1.42. The lowest BCUT2D eigenvalue weighted by molar-refractivity contribution is -0.143. The van der Waals surface area contributed by atoms with Crippen molar-refractivity contribution in [1.82, 2.24) is 4.90 Å². The Bertz CT molecular complexity index is 689. The minimum Gasteiger partial charge on any atom is -0.468 e. The molecule has 21 heavy (non-hydrogen) atoms. The summed E-state index contributed by atoms with van der Waals surface area (Å²) in [7, 11) is 1.29. The first kappa shape index (κ1) is 13.5. The van der Waals surface area contributed by atoms with Gasteiger partial charge in [-0.2, -0.15) is 0 Å². The quantitative estimate of drug-likeness (QED) is 0.769. The number of methoxy groups -OCH3 is 1. The van der Waals surface area contributed by atoms with Crippen LogP contribution in [0.4, 0.5) is 0 Å². The van der Waals surface area contributed by atoms with Crippen molar-refractivity contribution in [3.63, 3.8) is 0 Å². The van der Waals surface area contributed by atoms with E-state index in [1.54, 1.807) is 29.2 Å². The van der Waals surface area contributed by atoms with Crippen LogP contribution in [0.2, 0.25) is 0 Å². The van der Waals surface area contributed by atoms with Crippen LogP contribution in [0.5, 0.6) is 0 Å². The summed E-state index contributed by atoms with van der Waals surface area (Å²) in [4.78, 5) is 39.1. The second-order valence-electron chi connectivity index (χ2n) is 5.08. The third-order valence-corrected chi connectivity index (χ3v) is 4.07. The Morgan fingerprint density at radius 1 is 1.24 bits per heavy atom. The number of ether oxygens (including phenoxy) is 1. The predicted molar refractivity (Wildman–Crippen MR) is 74.9 cm³/mol. The van der Waals surface area contributed by atoms with Crippen molar-refractivity contribution >= 4 is 17.5 Å². The molecule has 3 rings (SSSR count). The molecule has 5 heteroatoms. The zero-order chi connectivity index (χ0) is 15.1. The molecule has 0 bridgehead atoms. The Morgan fingerprint density at radius 2 is 1.86 bits per heavy atom. The van der Waals surface area contributed by atoms with Crippen LogP contribution >= 0.6 is 0 Å². The van der Waals surface area contributed by atoms with E-state index in [0.717, 1.165) is 0 Å². The van der Waals surface area contributed by atoms with E-state index in [1.165, 1.54) is 7.11 Å². The molecule has 1 atom stereocenters. The van der Waals surface area contributed by atoms with E-state index in [-0.39, 0.29) is 17.1 Å². The number of nitrogens with zero attached hydrogens (tertiary/aromatic N) is 1. The summed E-state index contributed by atoms with van der Waals surface area (Å²) < 4.78 is 4.78. The molecule has 0 spiro atoms. The van der Waals surface area contributed by atoms with Crippen LogP contribution in [0.15, 0.2) is 35.5 Å². The number of esters is 1. The number of carbonyl (C=O) groups is 3. The van der Waals surface area contributed by atoms with Gasteiger partial charge in [0, 0.05) is 29.8 Å². The van der Waals surface area contributed by atoms with E-state index in [4.69, 9.17) is 4.74 Å². The van der Waals surface area contributed by atoms with Crippen molar-refractivity contribution in [1.29, 1.82) is 0 Å². The minimum atomic E-state index is -0.685. The van der Waals surface area contributed by atoms with E-state index in [0.29, 0.717) is 29.9 Å². The number of Topliss-reactive ketones (excluding diaryl/α,β-unsaturated/α-hetero) is 2. The maximum absolute atomic E-state index is 12.7. The van der Waals surface area contributed by atoms with Crippen LogP contribution < -0.4 is 0 Å². The first-order chi connectivity index (χ1) is 10.1. The molecule has 2 aliphatic rings. The maximum Gasteiger partial charge on any atom is 0.315 e. The molecule has 0 saturated heterocycles. The molecule has 0 N–H and O–H groups in total. The second kappa shape index (κ2) is 4.84. The third kappa shape index (κ3) is 1.81. The molecular weight excluding hydrogens is 270 g/mol. The lowest BCUT2D eigenvalue weighted by Gasteiger charge is -2.22. The number of benzene rings is 1. The van der Waals surface area contributed by atoms with Crippen LogP contribution in [0, 0.1) is 5.92 Å². The van der Waals surface area contributed by atoms with Gasteiger partial charge in [-0.3, -0.25) is 14.4 Å². The summed E-state index contributed by atoms with van der Waals surface area (Å²) >= 11 is 0. The number of rotatable bonds is 2. The highest BCUT2D eigenvalue weighted by Gasteiger charge is 2.46. The molecule has 5 nitrogen and oxygen atoms in total. The summed E-state index contributed by atoms with van der Waals surface area (Å²) in [6.07, 6.45) is 0. The van der Waals surface area contributed by atoms with Gasteiger partial charge in [0.05, 0.1) is 12.8 Å². The fraction of sp³-hybridized carbons (Fsp3) is 0.312. The van der Waals surface area contributed by atoms with Crippen molar-refractivity contribution in [2.45, 2.75) is 6.92 Å². The maximum atomic E-state index is 12.7. The Hall–Kier alpha value is -2.43. The smallest absolute Gasteiger partial charge is 0.315 e. The molecule has 1 heterocycles. The number of hydrogen-bond acceptors (Lipinski definition) is 5. The number of allylic oxidation sites excluding steroid dienone is 1. The summed E-state index contributed by atoms with van der Waals surface area (Å²) in [5.74, 6) is -1.59. The van der Waals surface area contributed by atoms with Crippen molar-refractivity contribution in [3.8, 4) is 0 Å². The standard InChI is InChI=1S/C16H15NO4/c1-3-17-8-11(16(20)21-2)12-13(17)15(19)10-7-5-4-6-9(10)14(12)18/h4-7,11H,3,8H2,1-2H3. The number of likely N-dealkylation sites (N-methyl/N-ethyl adjacent to an activating group) is 1. The van der Waals surface area contributed by atoms with Crippen molar-refractivity contribution in [3.05, 3.63) is 46.7 Å². The number of ketones is 2. The highest BCUT2D eigenvalue weighted by atomic mass is 16.5. The van der Waals surface area contributed by atoms with Gasteiger partial charge in [-0.05, 0) is 6.92 Å². The SMILES string of the molecule is CCN1CC(C(=O)OC)C2=C1C(=O)c1ccccc1C2=O. The fourth-order valence-corrected chi connectivity index (χ4v) is 3.04. The molecule has 1 aliphatic heterocycles. The van der Waals surface area contributed by atoms with Crippen molar-refractivity contribution < 1.29 is 19.1 Å². The Labute approximate surface area is 122 Å². The fourth-order valence-electron chi connectivity index (χ4n) is 3.04. The normalized spacial score (nSPS) is 20.5. The van der Waals surface area contributed by atoms with E-state index in [2.05, 4.69) is 0 Å². The summed E-state index contributed by atoms with van der Waals surface area (Å²) in [5, 5.41) is 0. The lowest BCUT2D eigenvalue weighted by atomic mass is 9.83. The van der Waals surface area contributed by atoms with Crippen LogP contribution in [0.3, 0.4) is 0 Å². The van der Waals surface area contributed by atoms with Gasteiger partial charge in [-0.1, -0.05) is 24.3 Å². The van der Waals surface area contributed by atoms with Crippen LogP contribution in [0.25, 0.3) is 0 Å². The molecule has 108 valence electrons. The first-order valence-electron chi connectivity index (χ1n) is 6.85. The second-order valence-corrected chi connectivity index (χ2v) is 5.08.